The molecule has 1 amide bonds. The molecular formula is C14H14N6OS2. The zero-order valence-corrected chi connectivity index (χ0v) is 14.1. The minimum atomic E-state index is -0.330. The molecule has 1 atom stereocenters. The van der Waals surface area contributed by atoms with Crippen molar-refractivity contribution in [2.45, 2.75) is 17.3 Å². The van der Waals surface area contributed by atoms with Crippen LogP contribution in [0.5, 0.6) is 0 Å². The second-order valence-corrected chi connectivity index (χ2v) is 6.90. The van der Waals surface area contributed by atoms with Crippen LogP contribution in [0.4, 0.5) is 5.13 Å². The summed E-state index contributed by atoms with van der Waals surface area (Å²) >= 11 is 2.70. The summed E-state index contributed by atoms with van der Waals surface area (Å²) in [6.07, 6.45) is 0. The van der Waals surface area contributed by atoms with E-state index in [0.717, 1.165) is 11.3 Å². The van der Waals surface area contributed by atoms with Gasteiger partial charge in [-0.25, -0.2) is 9.67 Å². The van der Waals surface area contributed by atoms with Gasteiger partial charge in [0.2, 0.25) is 11.1 Å². The first-order valence-corrected chi connectivity index (χ1v) is 8.60. The quantitative estimate of drug-likeness (QED) is 0.714. The maximum Gasteiger partial charge on any atom is 0.239 e. The zero-order valence-electron chi connectivity index (χ0n) is 12.5. The zero-order chi connectivity index (χ0) is 16.2. The molecule has 0 spiro atoms. The molecule has 0 radical (unpaired) electrons. The number of aryl methyl sites for hydroxylation is 1. The summed E-state index contributed by atoms with van der Waals surface area (Å²) in [7, 11) is 1.74. The summed E-state index contributed by atoms with van der Waals surface area (Å²) in [5.41, 5.74) is 1.88. The molecule has 7 nitrogen and oxygen atoms in total. The average Bonchev–Trinajstić information content (AvgIpc) is 3.18. The number of carbonyl (C=O) groups is 1. The van der Waals surface area contributed by atoms with Gasteiger partial charge in [0.15, 0.2) is 5.13 Å². The number of rotatable bonds is 5. The van der Waals surface area contributed by atoms with Crippen molar-refractivity contribution in [3.63, 3.8) is 0 Å². The van der Waals surface area contributed by atoms with Gasteiger partial charge >= 0.3 is 0 Å². The molecule has 9 heteroatoms. The molecule has 1 aromatic carbocycles. The lowest BCUT2D eigenvalue weighted by Gasteiger charge is -2.08. The standard InChI is InChI=1S/C14H14N6OS2/c1-9(23-14-17-18-19-20(14)2)12(21)16-13-15-11(8-22-13)10-6-4-3-5-7-10/h3-9H,1-2H3,(H,15,16,21)/t9-/m0/s1. The van der Waals surface area contributed by atoms with Crippen molar-refractivity contribution in [3.8, 4) is 11.3 Å². The van der Waals surface area contributed by atoms with Crippen LogP contribution in [-0.4, -0.2) is 36.3 Å². The first-order chi connectivity index (χ1) is 11.1. The average molecular weight is 346 g/mol. The Kier molecular flexibility index (Phi) is 4.68. The second-order valence-electron chi connectivity index (χ2n) is 4.74. The summed E-state index contributed by atoms with van der Waals surface area (Å²) in [6.45, 7) is 1.81. The number of thiazole rings is 1. The molecule has 2 aromatic heterocycles. The number of hydrogen-bond donors (Lipinski definition) is 1. The number of hydrogen-bond acceptors (Lipinski definition) is 7. The third-order valence-electron chi connectivity index (χ3n) is 3.04. The van der Waals surface area contributed by atoms with Crippen molar-refractivity contribution in [2.24, 2.45) is 7.05 Å². The van der Waals surface area contributed by atoms with E-state index in [1.807, 2.05) is 35.7 Å². The number of nitrogens with one attached hydrogen (secondary N) is 1. The summed E-state index contributed by atoms with van der Waals surface area (Å²) < 4.78 is 1.53. The minimum Gasteiger partial charge on any atom is -0.301 e. The molecule has 0 aliphatic carbocycles. The number of tetrazole rings is 1. The molecule has 0 unspecified atom stereocenters. The molecule has 1 N–H and O–H groups in total. The Bertz CT molecular complexity index is 800. The van der Waals surface area contributed by atoms with Crippen LogP contribution in [-0.2, 0) is 11.8 Å². The molecule has 0 aliphatic heterocycles. The first-order valence-electron chi connectivity index (χ1n) is 6.84. The van der Waals surface area contributed by atoms with E-state index in [2.05, 4.69) is 25.8 Å². The normalized spacial score (nSPS) is 12.1. The maximum absolute atomic E-state index is 12.3. The highest BCUT2D eigenvalue weighted by Gasteiger charge is 2.19. The number of aromatic nitrogens is 5. The summed E-state index contributed by atoms with van der Waals surface area (Å²) in [4.78, 5) is 16.7. The summed E-state index contributed by atoms with van der Waals surface area (Å²) in [5, 5.41) is 16.8. The van der Waals surface area contributed by atoms with Crippen LogP contribution >= 0.6 is 23.1 Å². The van der Waals surface area contributed by atoms with Gasteiger partial charge in [0.1, 0.15) is 0 Å². The van der Waals surface area contributed by atoms with Gasteiger partial charge in [-0.3, -0.25) is 4.79 Å². The molecule has 3 aromatic rings. The van der Waals surface area contributed by atoms with Gasteiger partial charge in [-0.1, -0.05) is 42.1 Å². The van der Waals surface area contributed by atoms with Crippen LogP contribution in [0, 0.1) is 0 Å². The second kappa shape index (κ2) is 6.88. The number of nitrogens with zero attached hydrogens (tertiary/aromatic N) is 5. The number of thioether (sulfide) groups is 1. The predicted octanol–water partition coefficient (Wildman–Crippen LogP) is 2.45. The van der Waals surface area contributed by atoms with Gasteiger partial charge in [0, 0.05) is 18.0 Å². The number of benzene rings is 1. The first kappa shape index (κ1) is 15.6. The van der Waals surface area contributed by atoms with Gasteiger partial charge in [-0.15, -0.1) is 16.4 Å². The molecule has 0 saturated heterocycles. The Hall–Kier alpha value is -2.26. The maximum atomic E-state index is 12.3. The smallest absolute Gasteiger partial charge is 0.239 e. The van der Waals surface area contributed by atoms with Crippen LogP contribution in [0.3, 0.4) is 0 Å². The third-order valence-corrected chi connectivity index (χ3v) is 4.92. The Morgan fingerprint density at radius 2 is 2.13 bits per heavy atom. The fourth-order valence-corrected chi connectivity index (χ4v) is 3.29. The Morgan fingerprint density at radius 3 is 2.83 bits per heavy atom. The van der Waals surface area contributed by atoms with Crippen molar-refractivity contribution in [1.29, 1.82) is 0 Å². The monoisotopic (exact) mass is 346 g/mol. The fraction of sp³-hybridized carbons (Fsp3) is 0.214. The highest BCUT2D eigenvalue weighted by Crippen LogP contribution is 2.26. The summed E-state index contributed by atoms with van der Waals surface area (Å²) in [6, 6.07) is 9.85. The van der Waals surface area contributed by atoms with Crippen molar-refractivity contribution in [1.82, 2.24) is 25.2 Å². The highest BCUT2D eigenvalue weighted by atomic mass is 32.2. The lowest BCUT2D eigenvalue weighted by atomic mass is 10.2. The molecule has 0 bridgehead atoms. The van der Waals surface area contributed by atoms with E-state index < -0.39 is 0 Å². The van der Waals surface area contributed by atoms with Crippen LogP contribution < -0.4 is 5.32 Å². The largest absolute Gasteiger partial charge is 0.301 e. The van der Waals surface area contributed by atoms with E-state index in [1.54, 1.807) is 14.0 Å². The topological polar surface area (TPSA) is 85.6 Å². The third kappa shape index (κ3) is 3.74. The molecule has 2 heterocycles. The van der Waals surface area contributed by atoms with Gasteiger partial charge in [0.25, 0.3) is 0 Å². The Morgan fingerprint density at radius 1 is 1.35 bits per heavy atom. The van der Waals surface area contributed by atoms with Crippen LogP contribution in [0.1, 0.15) is 6.92 Å². The predicted molar refractivity (Wildman–Crippen MR) is 90.3 cm³/mol. The van der Waals surface area contributed by atoms with E-state index in [-0.39, 0.29) is 11.2 Å². The van der Waals surface area contributed by atoms with Crippen LogP contribution in [0.15, 0.2) is 40.9 Å². The molecule has 3 rings (SSSR count). The van der Waals surface area contributed by atoms with Crippen LogP contribution in [0.25, 0.3) is 11.3 Å². The number of amides is 1. The van der Waals surface area contributed by atoms with Crippen molar-refractivity contribution >= 4 is 34.1 Å². The van der Waals surface area contributed by atoms with E-state index in [1.165, 1.54) is 27.8 Å². The minimum absolute atomic E-state index is 0.132. The van der Waals surface area contributed by atoms with Crippen LogP contribution in [0.2, 0.25) is 0 Å². The lowest BCUT2D eigenvalue weighted by Crippen LogP contribution is -2.22. The van der Waals surface area contributed by atoms with Crippen molar-refractivity contribution in [3.05, 3.63) is 35.7 Å². The van der Waals surface area contributed by atoms with Gasteiger partial charge in [-0.05, 0) is 17.4 Å². The van der Waals surface area contributed by atoms with E-state index in [4.69, 9.17) is 0 Å². The number of carbonyl (C=O) groups excluding carboxylic acids is 1. The molecule has 0 saturated carbocycles. The molecule has 118 valence electrons. The molecular weight excluding hydrogens is 332 g/mol. The lowest BCUT2D eigenvalue weighted by molar-refractivity contribution is -0.115. The fourth-order valence-electron chi connectivity index (χ4n) is 1.81. The van der Waals surface area contributed by atoms with Gasteiger partial charge < -0.3 is 5.32 Å². The van der Waals surface area contributed by atoms with E-state index in [9.17, 15) is 4.79 Å². The van der Waals surface area contributed by atoms with Crippen molar-refractivity contribution in [2.75, 3.05) is 5.32 Å². The Balaban J connectivity index is 1.64. The van der Waals surface area contributed by atoms with Crippen molar-refractivity contribution < 1.29 is 4.79 Å². The van der Waals surface area contributed by atoms with E-state index in [0.29, 0.717) is 10.3 Å². The van der Waals surface area contributed by atoms with Gasteiger partial charge in [0.05, 0.1) is 10.9 Å². The highest BCUT2D eigenvalue weighted by molar-refractivity contribution is 8.00. The molecule has 0 fully saturated rings. The van der Waals surface area contributed by atoms with E-state index >= 15 is 0 Å². The van der Waals surface area contributed by atoms with Gasteiger partial charge in [-0.2, -0.15) is 0 Å². The molecule has 0 aliphatic rings. The number of anilines is 1. The SMILES string of the molecule is C[C@H](Sc1nnnn1C)C(=O)Nc1nc(-c2ccccc2)cs1. The molecule has 23 heavy (non-hydrogen) atoms. The summed E-state index contributed by atoms with van der Waals surface area (Å²) in [5.74, 6) is -0.132. The Labute approximate surface area is 141 Å².